The molecule has 0 atom stereocenters. The van der Waals surface area contributed by atoms with E-state index in [0.717, 1.165) is 22.4 Å². The molecule has 1 heterocycles. The first-order valence-electron chi connectivity index (χ1n) is 7.63. The number of para-hydroxylation sites is 2. The Labute approximate surface area is 139 Å². The summed E-state index contributed by atoms with van der Waals surface area (Å²) in [6, 6.07) is 13.2. The topological polar surface area (TPSA) is 73.4 Å². The zero-order chi connectivity index (χ0) is 16.9. The highest BCUT2D eigenvalue weighted by Crippen LogP contribution is 2.32. The van der Waals surface area contributed by atoms with Gasteiger partial charge in [0.15, 0.2) is 18.1 Å². The summed E-state index contributed by atoms with van der Waals surface area (Å²) in [5, 5.41) is 0. The summed E-state index contributed by atoms with van der Waals surface area (Å²) in [4.78, 5) is 19.2. The number of ether oxygens (including phenoxy) is 3. The standard InChI is InChI=1S/C18H18N2O4/c1-3-23-17(21)11-24-15-9-8-12(10-16(15)22-2)18-19-13-6-4-5-7-14(13)20-18/h4-10H,3,11H2,1-2H3,(H,19,20). The lowest BCUT2D eigenvalue weighted by Gasteiger charge is -2.11. The molecule has 0 radical (unpaired) electrons. The third-order valence-corrected chi connectivity index (χ3v) is 3.48. The van der Waals surface area contributed by atoms with E-state index in [2.05, 4.69) is 9.97 Å². The highest BCUT2D eigenvalue weighted by molar-refractivity contribution is 5.79. The summed E-state index contributed by atoms with van der Waals surface area (Å²) < 4.78 is 15.7. The van der Waals surface area contributed by atoms with E-state index in [9.17, 15) is 4.79 Å². The van der Waals surface area contributed by atoms with Gasteiger partial charge in [-0.15, -0.1) is 0 Å². The zero-order valence-corrected chi connectivity index (χ0v) is 13.5. The largest absolute Gasteiger partial charge is 0.493 e. The number of aromatic nitrogens is 2. The Morgan fingerprint density at radius 1 is 1.17 bits per heavy atom. The van der Waals surface area contributed by atoms with Gasteiger partial charge in [-0.05, 0) is 37.3 Å². The van der Waals surface area contributed by atoms with Crippen LogP contribution in [0.1, 0.15) is 6.92 Å². The number of benzene rings is 2. The molecule has 1 N–H and O–H groups in total. The molecule has 3 aromatic rings. The first-order chi connectivity index (χ1) is 11.7. The number of rotatable bonds is 6. The van der Waals surface area contributed by atoms with Crippen molar-refractivity contribution in [3.63, 3.8) is 0 Å². The lowest BCUT2D eigenvalue weighted by atomic mass is 10.2. The van der Waals surface area contributed by atoms with Gasteiger partial charge < -0.3 is 19.2 Å². The molecular weight excluding hydrogens is 308 g/mol. The maximum atomic E-state index is 11.4. The van der Waals surface area contributed by atoms with Crippen LogP contribution in [0.3, 0.4) is 0 Å². The van der Waals surface area contributed by atoms with E-state index in [-0.39, 0.29) is 6.61 Å². The monoisotopic (exact) mass is 326 g/mol. The minimum atomic E-state index is -0.416. The van der Waals surface area contributed by atoms with Gasteiger partial charge in [0, 0.05) is 5.56 Å². The number of carbonyl (C=O) groups is 1. The summed E-state index contributed by atoms with van der Waals surface area (Å²) >= 11 is 0. The fraction of sp³-hybridized carbons (Fsp3) is 0.222. The van der Waals surface area contributed by atoms with Crippen LogP contribution in [0.2, 0.25) is 0 Å². The van der Waals surface area contributed by atoms with Crippen LogP contribution in [0.5, 0.6) is 11.5 Å². The number of carbonyl (C=O) groups excluding carboxylic acids is 1. The maximum Gasteiger partial charge on any atom is 0.344 e. The Morgan fingerprint density at radius 3 is 2.75 bits per heavy atom. The Hall–Kier alpha value is -3.02. The van der Waals surface area contributed by atoms with Crippen molar-refractivity contribution in [3.8, 4) is 22.9 Å². The average Bonchev–Trinajstić information content (AvgIpc) is 3.04. The second kappa shape index (κ2) is 7.04. The van der Waals surface area contributed by atoms with Crippen molar-refractivity contribution in [2.45, 2.75) is 6.92 Å². The smallest absolute Gasteiger partial charge is 0.344 e. The van der Waals surface area contributed by atoms with Crippen LogP contribution in [0.15, 0.2) is 42.5 Å². The molecule has 6 nitrogen and oxygen atoms in total. The van der Waals surface area contributed by atoms with Gasteiger partial charge in [-0.1, -0.05) is 12.1 Å². The van der Waals surface area contributed by atoms with Gasteiger partial charge in [0.05, 0.1) is 24.8 Å². The van der Waals surface area contributed by atoms with Crippen molar-refractivity contribution in [3.05, 3.63) is 42.5 Å². The van der Waals surface area contributed by atoms with E-state index in [4.69, 9.17) is 14.2 Å². The highest BCUT2D eigenvalue weighted by atomic mass is 16.6. The van der Waals surface area contributed by atoms with Crippen molar-refractivity contribution in [2.24, 2.45) is 0 Å². The van der Waals surface area contributed by atoms with Crippen LogP contribution >= 0.6 is 0 Å². The molecule has 6 heteroatoms. The van der Waals surface area contributed by atoms with Crippen molar-refractivity contribution >= 4 is 17.0 Å². The number of imidazole rings is 1. The van der Waals surface area contributed by atoms with Gasteiger partial charge in [-0.2, -0.15) is 0 Å². The molecule has 0 fully saturated rings. The van der Waals surface area contributed by atoms with Gasteiger partial charge in [-0.3, -0.25) is 0 Å². The molecule has 0 aliphatic rings. The van der Waals surface area contributed by atoms with Gasteiger partial charge in [0.25, 0.3) is 0 Å². The number of H-pyrrole nitrogens is 1. The molecule has 124 valence electrons. The maximum absolute atomic E-state index is 11.4. The molecule has 0 bridgehead atoms. The molecule has 0 saturated heterocycles. The molecule has 0 spiro atoms. The fourth-order valence-corrected chi connectivity index (χ4v) is 2.36. The Balaban J connectivity index is 1.84. The summed E-state index contributed by atoms with van der Waals surface area (Å²) in [7, 11) is 1.55. The van der Waals surface area contributed by atoms with Crippen LogP contribution in [0, 0.1) is 0 Å². The number of fused-ring (bicyclic) bond motifs is 1. The molecule has 0 aliphatic carbocycles. The Morgan fingerprint density at radius 2 is 2.00 bits per heavy atom. The van der Waals surface area contributed by atoms with E-state index in [1.807, 2.05) is 36.4 Å². The number of hydrogen-bond donors (Lipinski definition) is 1. The predicted octanol–water partition coefficient (Wildman–Crippen LogP) is 3.18. The molecule has 0 aliphatic heterocycles. The number of esters is 1. The first-order valence-corrected chi connectivity index (χ1v) is 7.63. The number of aromatic amines is 1. The highest BCUT2D eigenvalue weighted by Gasteiger charge is 2.12. The van der Waals surface area contributed by atoms with E-state index in [1.54, 1.807) is 20.1 Å². The van der Waals surface area contributed by atoms with Crippen LogP contribution in [-0.4, -0.2) is 36.3 Å². The van der Waals surface area contributed by atoms with Crippen molar-refractivity contribution in [1.29, 1.82) is 0 Å². The Kier molecular flexibility index (Phi) is 4.65. The number of hydrogen-bond acceptors (Lipinski definition) is 5. The summed E-state index contributed by atoms with van der Waals surface area (Å²) in [5.74, 6) is 1.33. The molecule has 1 aromatic heterocycles. The fourth-order valence-electron chi connectivity index (χ4n) is 2.36. The zero-order valence-electron chi connectivity index (χ0n) is 13.5. The third-order valence-electron chi connectivity index (χ3n) is 3.48. The average molecular weight is 326 g/mol. The van der Waals surface area contributed by atoms with Crippen LogP contribution in [0.4, 0.5) is 0 Å². The minimum Gasteiger partial charge on any atom is -0.493 e. The van der Waals surface area contributed by atoms with Crippen LogP contribution < -0.4 is 9.47 Å². The van der Waals surface area contributed by atoms with E-state index >= 15 is 0 Å². The SMILES string of the molecule is CCOC(=O)COc1ccc(-c2nc3ccccc3[nH]2)cc1OC. The normalized spacial score (nSPS) is 10.6. The predicted molar refractivity (Wildman–Crippen MR) is 90.2 cm³/mol. The summed E-state index contributed by atoms with van der Waals surface area (Å²) in [5.41, 5.74) is 2.73. The molecule has 0 saturated carbocycles. The van der Waals surface area contributed by atoms with Gasteiger partial charge in [-0.25, -0.2) is 9.78 Å². The van der Waals surface area contributed by atoms with Gasteiger partial charge in [0.1, 0.15) is 5.82 Å². The number of nitrogens with zero attached hydrogens (tertiary/aromatic N) is 1. The third kappa shape index (κ3) is 3.32. The molecule has 2 aromatic carbocycles. The quantitative estimate of drug-likeness (QED) is 0.704. The van der Waals surface area contributed by atoms with E-state index in [0.29, 0.717) is 18.1 Å². The molecule has 24 heavy (non-hydrogen) atoms. The molecule has 3 rings (SSSR count). The second-order valence-electron chi connectivity index (χ2n) is 5.06. The summed E-state index contributed by atoms with van der Waals surface area (Å²) in [6.07, 6.45) is 0. The number of nitrogens with one attached hydrogen (secondary N) is 1. The van der Waals surface area contributed by atoms with Crippen LogP contribution in [-0.2, 0) is 9.53 Å². The lowest BCUT2D eigenvalue weighted by molar-refractivity contribution is -0.145. The van der Waals surface area contributed by atoms with Gasteiger partial charge in [0.2, 0.25) is 0 Å². The summed E-state index contributed by atoms with van der Waals surface area (Å²) in [6.45, 7) is 1.92. The molecule has 0 unspecified atom stereocenters. The van der Waals surface area contributed by atoms with Crippen molar-refractivity contribution in [2.75, 3.05) is 20.3 Å². The van der Waals surface area contributed by atoms with Crippen LogP contribution in [0.25, 0.3) is 22.4 Å². The Bertz CT molecular complexity index is 824. The molecule has 0 amide bonds. The second-order valence-corrected chi connectivity index (χ2v) is 5.06. The lowest BCUT2D eigenvalue weighted by Crippen LogP contribution is -2.14. The van der Waals surface area contributed by atoms with E-state index < -0.39 is 5.97 Å². The minimum absolute atomic E-state index is 0.159. The van der Waals surface area contributed by atoms with Gasteiger partial charge >= 0.3 is 5.97 Å². The van der Waals surface area contributed by atoms with Crippen molar-refractivity contribution in [1.82, 2.24) is 9.97 Å². The van der Waals surface area contributed by atoms with E-state index in [1.165, 1.54) is 0 Å². The van der Waals surface area contributed by atoms with Crippen molar-refractivity contribution < 1.29 is 19.0 Å². The molecular formula is C18H18N2O4. The first kappa shape index (κ1) is 15.9. The number of methoxy groups -OCH3 is 1.